The Morgan fingerprint density at radius 1 is 1.08 bits per heavy atom. The van der Waals surface area contributed by atoms with Gasteiger partial charge in [-0.2, -0.15) is 0 Å². The molecule has 0 atom stereocenters. The van der Waals surface area contributed by atoms with Gasteiger partial charge >= 0.3 is 0 Å². The van der Waals surface area contributed by atoms with Crippen molar-refractivity contribution in [2.75, 3.05) is 27.3 Å². The zero-order valence-corrected chi connectivity index (χ0v) is 15.6. The van der Waals surface area contributed by atoms with Gasteiger partial charge in [-0.15, -0.1) is 0 Å². The van der Waals surface area contributed by atoms with E-state index in [1.54, 1.807) is 14.2 Å². The van der Waals surface area contributed by atoms with E-state index in [1.165, 1.54) is 16.7 Å². The molecule has 0 saturated heterocycles. The molecule has 0 unspecified atom stereocenters. The van der Waals surface area contributed by atoms with Crippen molar-refractivity contribution in [2.24, 2.45) is 0 Å². The van der Waals surface area contributed by atoms with Gasteiger partial charge in [-0.05, 0) is 53.9 Å². The number of ether oxygens (including phenoxy) is 2. The fraction of sp³-hybridized carbons (Fsp3) is 0.350. The maximum absolute atomic E-state index is 5.58. The molecule has 1 aliphatic heterocycles. The van der Waals surface area contributed by atoms with Gasteiger partial charge in [0.25, 0.3) is 0 Å². The molecule has 2 aromatic carbocycles. The molecule has 0 radical (unpaired) electrons. The largest absolute Gasteiger partial charge is 0.493 e. The lowest BCUT2D eigenvalue weighted by molar-refractivity contribution is 0.354. The van der Waals surface area contributed by atoms with Crippen LogP contribution in [0, 0.1) is 0 Å². The zero-order chi connectivity index (χ0) is 17.6. The minimum Gasteiger partial charge on any atom is -0.493 e. The molecular formula is C20H24N2O2S. The van der Waals surface area contributed by atoms with Gasteiger partial charge in [0.05, 0.1) is 14.2 Å². The smallest absolute Gasteiger partial charge is 0.169 e. The van der Waals surface area contributed by atoms with Crippen LogP contribution in [0.2, 0.25) is 0 Å². The van der Waals surface area contributed by atoms with Crippen LogP contribution in [0.3, 0.4) is 0 Å². The maximum Gasteiger partial charge on any atom is 0.169 e. The molecule has 0 aliphatic carbocycles. The Bertz CT molecular complexity index is 748. The lowest BCUT2D eigenvalue weighted by atomic mass is 10.0. The van der Waals surface area contributed by atoms with Crippen molar-refractivity contribution in [1.29, 1.82) is 0 Å². The van der Waals surface area contributed by atoms with Crippen LogP contribution >= 0.6 is 12.2 Å². The van der Waals surface area contributed by atoms with Gasteiger partial charge in [-0.3, -0.25) is 0 Å². The molecule has 1 N–H and O–H groups in total. The van der Waals surface area contributed by atoms with E-state index in [-0.39, 0.29) is 0 Å². The minimum absolute atomic E-state index is 0.752. The Morgan fingerprint density at radius 3 is 2.60 bits per heavy atom. The van der Waals surface area contributed by atoms with Crippen LogP contribution < -0.4 is 14.8 Å². The van der Waals surface area contributed by atoms with Gasteiger partial charge in [0.1, 0.15) is 0 Å². The van der Waals surface area contributed by atoms with Crippen molar-refractivity contribution in [3.8, 4) is 11.5 Å². The molecule has 5 heteroatoms. The third-order valence-electron chi connectivity index (χ3n) is 4.56. The van der Waals surface area contributed by atoms with Crippen LogP contribution in [0.4, 0.5) is 0 Å². The van der Waals surface area contributed by atoms with Crippen molar-refractivity contribution >= 4 is 17.3 Å². The second-order valence-corrected chi connectivity index (χ2v) is 6.50. The first kappa shape index (κ1) is 17.5. The van der Waals surface area contributed by atoms with E-state index in [0.29, 0.717) is 0 Å². The normalized spacial score (nSPS) is 13.1. The molecule has 132 valence electrons. The highest BCUT2D eigenvalue weighted by Gasteiger charge is 2.17. The second kappa shape index (κ2) is 8.21. The fourth-order valence-corrected chi connectivity index (χ4v) is 3.39. The summed E-state index contributed by atoms with van der Waals surface area (Å²) in [5, 5.41) is 4.21. The summed E-state index contributed by atoms with van der Waals surface area (Å²) in [6.07, 6.45) is 1.93. The lowest BCUT2D eigenvalue weighted by Crippen LogP contribution is -2.43. The number of hydrogen-bond donors (Lipinski definition) is 1. The third kappa shape index (κ3) is 4.23. The van der Waals surface area contributed by atoms with Gasteiger partial charge in [-0.25, -0.2) is 0 Å². The number of hydrogen-bond acceptors (Lipinski definition) is 3. The summed E-state index contributed by atoms with van der Waals surface area (Å²) in [6.45, 7) is 2.66. The summed E-state index contributed by atoms with van der Waals surface area (Å²) < 4.78 is 10.6. The molecule has 3 rings (SSSR count). The van der Waals surface area contributed by atoms with Crippen molar-refractivity contribution in [3.63, 3.8) is 0 Å². The SMILES string of the molecule is COc1ccc(CCNC(=S)N2CCc3ccccc3C2)cc1OC. The molecule has 0 fully saturated rings. The Labute approximate surface area is 154 Å². The average Bonchev–Trinajstić information content (AvgIpc) is 2.67. The fourth-order valence-electron chi connectivity index (χ4n) is 3.13. The molecule has 0 spiro atoms. The highest BCUT2D eigenvalue weighted by atomic mass is 32.1. The summed E-state index contributed by atoms with van der Waals surface area (Å²) in [7, 11) is 3.30. The summed E-state index contributed by atoms with van der Waals surface area (Å²) in [5.41, 5.74) is 4.00. The monoisotopic (exact) mass is 356 g/mol. The van der Waals surface area contributed by atoms with Crippen LogP contribution in [0.15, 0.2) is 42.5 Å². The Kier molecular flexibility index (Phi) is 5.76. The van der Waals surface area contributed by atoms with Crippen molar-refractivity contribution in [3.05, 3.63) is 59.2 Å². The number of nitrogens with zero attached hydrogens (tertiary/aromatic N) is 1. The Hall–Kier alpha value is -2.27. The van der Waals surface area contributed by atoms with E-state index in [0.717, 1.165) is 49.1 Å². The molecule has 2 aromatic rings. The number of nitrogens with one attached hydrogen (secondary N) is 1. The van der Waals surface area contributed by atoms with Crippen LogP contribution in [0.25, 0.3) is 0 Å². The quantitative estimate of drug-likeness (QED) is 0.832. The van der Waals surface area contributed by atoms with Gasteiger partial charge < -0.3 is 19.7 Å². The van der Waals surface area contributed by atoms with Crippen molar-refractivity contribution in [2.45, 2.75) is 19.4 Å². The summed E-state index contributed by atoms with van der Waals surface area (Å²) in [6, 6.07) is 14.6. The van der Waals surface area contributed by atoms with Crippen LogP contribution in [-0.2, 0) is 19.4 Å². The molecule has 1 heterocycles. The number of rotatable bonds is 5. The molecule has 0 saturated carbocycles. The topological polar surface area (TPSA) is 33.7 Å². The standard InChI is InChI=1S/C20H24N2O2S/c1-23-18-8-7-15(13-19(18)24-2)9-11-21-20(25)22-12-10-16-5-3-4-6-17(16)14-22/h3-8,13H,9-12,14H2,1-2H3,(H,21,25). The van der Waals surface area contributed by atoms with E-state index in [1.807, 2.05) is 12.1 Å². The first-order valence-corrected chi connectivity index (χ1v) is 8.92. The van der Waals surface area contributed by atoms with E-state index < -0.39 is 0 Å². The van der Waals surface area contributed by atoms with Gasteiger partial charge in [0, 0.05) is 19.6 Å². The van der Waals surface area contributed by atoms with E-state index in [4.69, 9.17) is 21.7 Å². The number of thiocarbonyl (C=S) groups is 1. The highest BCUT2D eigenvalue weighted by molar-refractivity contribution is 7.80. The number of methoxy groups -OCH3 is 2. The predicted molar refractivity (Wildman–Crippen MR) is 104 cm³/mol. The molecule has 1 aliphatic rings. The van der Waals surface area contributed by atoms with Crippen LogP contribution in [-0.4, -0.2) is 37.3 Å². The molecule has 0 aromatic heterocycles. The molecule has 0 amide bonds. The number of fused-ring (bicyclic) bond motifs is 1. The summed E-state index contributed by atoms with van der Waals surface area (Å²) in [5.74, 6) is 1.51. The first-order valence-electron chi connectivity index (χ1n) is 8.51. The highest BCUT2D eigenvalue weighted by Crippen LogP contribution is 2.27. The van der Waals surface area contributed by atoms with Crippen LogP contribution in [0.5, 0.6) is 11.5 Å². The predicted octanol–water partition coefficient (Wildman–Crippen LogP) is 3.18. The molecular weight excluding hydrogens is 332 g/mol. The van der Waals surface area contributed by atoms with E-state index >= 15 is 0 Å². The Balaban J connectivity index is 1.52. The average molecular weight is 356 g/mol. The van der Waals surface area contributed by atoms with Gasteiger partial charge in [0.15, 0.2) is 16.6 Å². The van der Waals surface area contributed by atoms with Crippen LogP contribution in [0.1, 0.15) is 16.7 Å². The number of benzene rings is 2. The summed E-state index contributed by atoms with van der Waals surface area (Å²) in [4.78, 5) is 2.24. The van der Waals surface area contributed by atoms with Gasteiger partial charge in [0.2, 0.25) is 0 Å². The van der Waals surface area contributed by atoms with Crippen molar-refractivity contribution < 1.29 is 9.47 Å². The minimum atomic E-state index is 0.752. The van der Waals surface area contributed by atoms with E-state index in [2.05, 4.69) is 40.5 Å². The molecule has 0 bridgehead atoms. The molecule has 25 heavy (non-hydrogen) atoms. The van der Waals surface area contributed by atoms with E-state index in [9.17, 15) is 0 Å². The first-order chi connectivity index (χ1) is 12.2. The van der Waals surface area contributed by atoms with Crippen molar-refractivity contribution in [1.82, 2.24) is 10.2 Å². The second-order valence-electron chi connectivity index (χ2n) is 6.11. The summed E-state index contributed by atoms with van der Waals surface area (Å²) >= 11 is 5.58. The third-order valence-corrected chi connectivity index (χ3v) is 4.96. The zero-order valence-electron chi connectivity index (χ0n) is 14.7. The lowest BCUT2D eigenvalue weighted by Gasteiger charge is -2.31. The van der Waals surface area contributed by atoms with Gasteiger partial charge in [-0.1, -0.05) is 30.3 Å². The molecule has 4 nitrogen and oxygen atoms in total. The maximum atomic E-state index is 5.58. The Morgan fingerprint density at radius 2 is 1.84 bits per heavy atom.